The third kappa shape index (κ3) is 3.25. The Balaban J connectivity index is 2.12. The van der Waals surface area contributed by atoms with Gasteiger partial charge in [-0.1, -0.05) is 13.0 Å². The molecule has 0 bridgehead atoms. The summed E-state index contributed by atoms with van der Waals surface area (Å²) in [6, 6.07) is 6.59. The van der Waals surface area contributed by atoms with E-state index in [4.69, 9.17) is 4.74 Å². The molecule has 1 aromatic carbocycles. The quantitative estimate of drug-likeness (QED) is 0.925. The van der Waals surface area contributed by atoms with E-state index in [9.17, 15) is 0 Å². The van der Waals surface area contributed by atoms with Crippen LogP contribution in [0.15, 0.2) is 22.7 Å². The Kier molecular flexibility index (Phi) is 5.03. The van der Waals surface area contributed by atoms with Crippen LogP contribution in [0.5, 0.6) is 0 Å². The normalized spacial score (nSPS) is 20.2. The lowest BCUT2D eigenvalue weighted by molar-refractivity contribution is 0.0384. The minimum Gasteiger partial charge on any atom is -0.375 e. The maximum absolute atomic E-state index is 5.71. The number of ether oxygens (including phenoxy) is 1. The second kappa shape index (κ2) is 6.55. The van der Waals surface area contributed by atoms with Crippen molar-refractivity contribution in [1.29, 1.82) is 0 Å². The SMILES string of the molecule is CCC1CN(c2ccc(CNC)cc2Br)CCO1. The highest BCUT2D eigenvalue weighted by Crippen LogP contribution is 2.29. The highest BCUT2D eigenvalue weighted by Gasteiger charge is 2.20. The summed E-state index contributed by atoms with van der Waals surface area (Å²) in [5.74, 6) is 0. The topological polar surface area (TPSA) is 24.5 Å². The fourth-order valence-corrected chi connectivity index (χ4v) is 2.98. The van der Waals surface area contributed by atoms with E-state index in [2.05, 4.69) is 51.3 Å². The largest absolute Gasteiger partial charge is 0.375 e. The summed E-state index contributed by atoms with van der Waals surface area (Å²) in [7, 11) is 1.97. The van der Waals surface area contributed by atoms with Gasteiger partial charge in [0.2, 0.25) is 0 Å². The Morgan fingerprint density at radius 1 is 1.50 bits per heavy atom. The molecule has 2 rings (SSSR count). The van der Waals surface area contributed by atoms with Crippen LogP contribution in [0.4, 0.5) is 5.69 Å². The third-order valence-electron chi connectivity index (χ3n) is 3.33. The highest BCUT2D eigenvalue weighted by molar-refractivity contribution is 9.10. The van der Waals surface area contributed by atoms with Crippen molar-refractivity contribution < 1.29 is 4.74 Å². The standard InChI is InChI=1S/C14H21BrN2O/c1-3-12-10-17(6-7-18-12)14-5-4-11(9-16-2)8-13(14)15/h4-5,8,12,16H,3,6-7,9-10H2,1-2H3. The molecule has 1 unspecified atom stereocenters. The van der Waals surface area contributed by atoms with E-state index in [1.807, 2.05) is 7.05 Å². The summed E-state index contributed by atoms with van der Waals surface area (Å²) in [4.78, 5) is 2.41. The number of benzene rings is 1. The molecule has 1 aliphatic heterocycles. The van der Waals surface area contributed by atoms with Crippen LogP contribution in [0.3, 0.4) is 0 Å². The van der Waals surface area contributed by atoms with Gasteiger partial charge in [0.05, 0.1) is 18.4 Å². The van der Waals surface area contributed by atoms with Crippen molar-refractivity contribution in [3.05, 3.63) is 28.2 Å². The first-order valence-electron chi connectivity index (χ1n) is 6.54. The van der Waals surface area contributed by atoms with Crippen molar-refractivity contribution in [2.75, 3.05) is 31.6 Å². The van der Waals surface area contributed by atoms with Crippen LogP contribution in [0.25, 0.3) is 0 Å². The van der Waals surface area contributed by atoms with E-state index in [1.54, 1.807) is 0 Å². The van der Waals surface area contributed by atoms with Crippen LogP contribution in [0.1, 0.15) is 18.9 Å². The summed E-state index contributed by atoms with van der Waals surface area (Å²) in [6.07, 6.45) is 1.44. The van der Waals surface area contributed by atoms with Crippen LogP contribution in [0, 0.1) is 0 Å². The zero-order valence-corrected chi connectivity index (χ0v) is 12.7. The highest BCUT2D eigenvalue weighted by atomic mass is 79.9. The van der Waals surface area contributed by atoms with Gasteiger partial charge in [0, 0.05) is 24.1 Å². The van der Waals surface area contributed by atoms with Gasteiger partial charge in [-0.3, -0.25) is 0 Å². The number of anilines is 1. The molecule has 1 N–H and O–H groups in total. The number of morpholine rings is 1. The van der Waals surface area contributed by atoms with Gasteiger partial charge in [0.15, 0.2) is 0 Å². The molecule has 3 nitrogen and oxygen atoms in total. The Bertz CT molecular complexity index is 397. The molecule has 1 aromatic rings. The number of nitrogens with one attached hydrogen (secondary N) is 1. The molecule has 1 saturated heterocycles. The maximum atomic E-state index is 5.71. The fourth-order valence-electron chi connectivity index (χ4n) is 2.31. The summed E-state index contributed by atoms with van der Waals surface area (Å²) in [5, 5.41) is 3.17. The van der Waals surface area contributed by atoms with Crippen LogP contribution in [-0.4, -0.2) is 32.8 Å². The van der Waals surface area contributed by atoms with E-state index < -0.39 is 0 Å². The lowest BCUT2D eigenvalue weighted by Crippen LogP contribution is -2.42. The second-order valence-electron chi connectivity index (χ2n) is 4.66. The summed E-state index contributed by atoms with van der Waals surface area (Å²) >= 11 is 3.68. The average molecular weight is 313 g/mol. The molecular weight excluding hydrogens is 292 g/mol. The van der Waals surface area contributed by atoms with Gasteiger partial charge < -0.3 is 15.0 Å². The molecule has 4 heteroatoms. The molecular formula is C14H21BrN2O. The van der Waals surface area contributed by atoms with Gasteiger partial charge in [-0.2, -0.15) is 0 Å². The van der Waals surface area contributed by atoms with Crippen molar-refractivity contribution in [1.82, 2.24) is 5.32 Å². The monoisotopic (exact) mass is 312 g/mol. The van der Waals surface area contributed by atoms with Gasteiger partial charge >= 0.3 is 0 Å². The number of halogens is 1. The maximum Gasteiger partial charge on any atom is 0.0748 e. The molecule has 0 aliphatic carbocycles. The van der Waals surface area contributed by atoms with Crippen molar-refractivity contribution in [2.45, 2.75) is 26.0 Å². The third-order valence-corrected chi connectivity index (χ3v) is 3.96. The molecule has 1 aliphatic rings. The summed E-state index contributed by atoms with van der Waals surface area (Å²) in [5.41, 5.74) is 2.57. The van der Waals surface area contributed by atoms with Crippen molar-refractivity contribution in [2.24, 2.45) is 0 Å². The summed E-state index contributed by atoms with van der Waals surface area (Å²) < 4.78 is 6.89. The fraction of sp³-hybridized carbons (Fsp3) is 0.571. The second-order valence-corrected chi connectivity index (χ2v) is 5.52. The molecule has 1 fully saturated rings. The van der Waals surface area contributed by atoms with E-state index in [1.165, 1.54) is 15.7 Å². The average Bonchev–Trinajstić information content (AvgIpc) is 2.39. The molecule has 18 heavy (non-hydrogen) atoms. The minimum atomic E-state index is 0.364. The van der Waals surface area contributed by atoms with Crippen LogP contribution >= 0.6 is 15.9 Å². The van der Waals surface area contributed by atoms with Crippen molar-refractivity contribution >= 4 is 21.6 Å². The van der Waals surface area contributed by atoms with Crippen LogP contribution in [-0.2, 0) is 11.3 Å². The minimum absolute atomic E-state index is 0.364. The number of hydrogen-bond donors (Lipinski definition) is 1. The lowest BCUT2D eigenvalue weighted by Gasteiger charge is -2.34. The van der Waals surface area contributed by atoms with Crippen LogP contribution in [0.2, 0.25) is 0 Å². The van der Waals surface area contributed by atoms with E-state index >= 15 is 0 Å². The predicted molar refractivity (Wildman–Crippen MR) is 79.1 cm³/mol. The molecule has 1 heterocycles. The zero-order valence-electron chi connectivity index (χ0n) is 11.1. The predicted octanol–water partition coefficient (Wildman–Crippen LogP) is 2.78. The van der Waals surface area contributed by atoms with Crippen LogP contribution < -0.4 is 10.2 Å². The van der Waals surface area contributed by atoms with Gasteiger partial charge in [-0.15, -0.1) is 0 Å². The molecule has 100 valence electrons. The van der Waals surface area contributed by atoms with Gasteiger partial charge in [-0.05, 0) is 47.1 Å². The molecule has 0 spiro atoms. The van der Waals surface area contributed by atoms with Gasteiger partial charge in [0.1, 0.15) is 0 Å². The van der Waals surface area contributed by atoms with Gasteiger partial charge in [0.25, 0.3) is 0 Å². The summed E-state index contributed by atoms with van der Waals surface area (Å²) in [6.45, 7) is 5.86. The number of rotatable bonds is 4. The number of nitrogens with zero attached hydrogens (tertiary/aromatic N) is 1. The van der Waals surface area contributed by atoms with E-state index in [-0.39, 0.29) is 0 Å². The Morgan fingerprint density at radius 3 is 3.00 bits per heavy atom. The van der Waals surface area contributed by atoms with E-state index in [0.29, 0.717) is 6.10 Å². The lowest BCUT2D eigenvalue weighted by atomic mass is 10.1. The molecule has 1 atom stereocenters. The van der Waals surface area contributed by atoms with Gasteiger partial charge in [-0.25, -0.2) is 0 Å². The Labute approximate surface area is 118 Å². The molecule has 0 amide bonds. The first-order chi connectivity index (χ1) is 8.74. The van der Waals surface area contributed by atoms with Crippen molar-refractivity contribution in [3.63, 3.8) is 0 Å². The Morgan fingerprint density at radius 2 is 2.33 bits per heavy atom. The smallest absolute Gasteiger partial charge is 0.0748 e. The first-order valence-corrected chi connectivity index (χ1v) is 7.33. The Hall–Kier alpha value is -0.580. The zero-order chi connectivity index (χ0) is 13.0. The number of hydrogen-bond acceptors (Lipinski definition) is 3. The van der Waals surface area contributed by atoms with Crippen molar-refractivity contribution in [3.8, 4) is 0 Å². The molecule has 0 radical (unpaired) electrons. The first kappa shape index (κ1) is 13.8. The molecule has 0 aromatic heterocycles. The van der Waals surface area contributed by atoms with E-state index in [0.717, 1.165) is 32.7 Å². The molecule has 0 saturated carbocycles.